The van der Waals surface area contributed by atoms with Gasteiger partial charge in [-0.1, -0.05) is 24.1 Å². The number of benzene rings is 1. The third-order valence-corrected chi connectivity index (χ3v) is 5.89. The van der Waals surface area contributed by atoms with Gasteiger partial charge in [-0.05, 0) is 37.5 Å². The van der Waals surface area contributed by atoms with Gasteiger partial charge in [0.25, 0.3) is 0 Å². The third-order valence-electron chi connectivity index (χ3n) is 3.58. The first-order chi connectivity index (χ1) is 9.64. The molecule has 1 heterocycles. The minimum Gasteiger partial charge on any atom is -0.207 e. The van der Waals surface area contributed by atoms with Crippen LogP contribution in [0.5, 0.6) is 0 Å². The summed E-state index contributed by atoms with van der Waals surface area (Å²) in [6.45, 7) is 1.57. The van der Waals surface area contributed by atoms with Crippen LogP contribution in [-0.2, 0) is 10.0 Å². The normalized spacial score (nSPS) is 21.5. The predicted octanol–water partition coefficient (Wildman–Crippen LogP) is 3.75. The van der Waals surface area contributed by atoms with Crippen molar-refractivity contribution in [3.63, 3.8) is 0 Å². The molecule has 1 aliphatic heterocycles. The summed E-state index contributed by atoms with van der Waals surface area (Å²) in [5.41, 5.74) is 0.668. The van der Waals surface area contributed by atoms with E-state index < -0.39 is 22.2 Å². The highest BCUT2D eigenvalue weighted by atomic mass is 35.5. The van der Waals surface area contributed by atoms with E-state index in [-0.39, 0.29) is 22.9 Å². The Kier molecular flexibility index (Phi) is 4.56. The Bertz CT molecular complexity index is 631. The number of nitrogens with zero attached hydrogens (tertiary/aromatic N) is 1. The number of piperidine rings is 1. The molecule has 0 spiro atoms. The van der Waals surface area contributed by atoms with Crippen LogP contribution >= 0.6 is 11.6 Å². The molecule has 1 unspecified atom stereocenters. The summed E-state index contributed by atoms with van der Waals surface area (Å²) < 4.78 is 64.6. The molecule has 1 saturated heterocycles. The SMILES string of the molecule is Cc1ccc(S(=O)(=O)N2CCCCC2C(F)(F)F)cc1Cl. The molecular weight excluding hydrogens is 327 g/mol. The molecule has 1 aliphatic rings. The van der Waals surface area contributed by atoms with Crippen molar-refractivity contribution in [1.29, 1.82) is 0 Å². The van der Waals surface area contributed by atoms with Crippen molar-refractivity contribution in [3.05, 3.63) is 28.8 Å². The van der Waals surface area contributed by atoms with E-state index in [2.05, 4.69) is 0 Å². The van der Waals surface area contributed by atoms with Crippen LogP contribution in [0.3, 0.4) is 0 Å². The van der Waals surface area contributed by atoms with E-state index in [1.807, 2.05) is 0 Å². The highest BCUT2D eigenvalue weighted by Gasteiger charge is 2.49. The summed E-state index contributed by atoms with van der Waals surface area (Å²) in [4.78, 5) is -0.200. The van der Waals surface area contributed by atoms with Gasteiger partial charge < -0.3 is 0 Å². The Hall–Kier alpha value is -0.790. The van der Waals surface area contributed by atoms with Gasteiger partial charge in [0.1, 0.15) is 6.04 Å². The number of sulfonamides is 1. The van der Waals surface area contributed by atoms with Crippen molar-refractivity contribution >= 4 is 21.6 Å². The van der Waals surface area contributed by atoms with Crippen molar-refractivity contribution in [2.24, 2.45) is 0 Å². The first-order valence-electron chi connectivity index (χ1n) is 6.49. The minimum atomic E-state index is -4.57. The van der Waals surface area contributed by atoms with Gasteiger partial charge >= 0.3 is 6.18 Å². The smallest absolute Gasteiger partial charge is 0.207 e. The third kappa shape index (κ3) is 3.35. The van der Waals surface area contributed by atoms with Crippen LogP contribution in [-0.4, -0.2) is 31.5 Å². The Morgan fingerprint density at radius 2 is 1.95 bits per heavy atom. The van der Waals surface area contributed by atoms with Crippen LogP contribution in [0.2, 0.25) is 5.02 Å². The van der Waals surface area contributed by atoms with E-state index in [0.29, 0.717) is 22.7 Å². The predicted molar refractivity (Wildman–Crippen MR) is 73.8 cm³/mol. The Morgan fingerprint density at radius 3 is 2.52 bits per heavy atom. The molecular formula is C13H15ClF3NO2S. The van der Waals surface area contributed by atoms with Crippen LogP contribution in [0.25, 0.3) is 0 Å². The maximum absolute atomic E-state index is 13.0. The van der Waals surface area contributed by atoms with E-state index in [0.717, 1.165) is 0 Å². The summed E-state index contributed by atoms with van der Waals surface area (Å²) in [7, 11) is -4.20. The molecule has 8 heteroatoms. The largest absolute Gasteiger partial charge is 0.405 e. The molecule has 0 saturated carbocycles. The zero-order chi connectivity index (χ0) is 15.8. The highest BCUT2D eigenvalue weighted by molar-refractivity contribution is 7.89. The number of aryl methyl sites for hydroxylation is 1. The fourth-order valence-corrected chi connectivity index (χ4v) is 4.34. The second-order valence-electron chi connectivity index (χ2n) is 5.08. The van der Waals surface area contributed by atoms with E-state index >= 15 is 0 Å². The van der Waals surface area contributed by atoms with Gasteiger partial charge in [0.15, 0.2) is 0 Å². The second-order valence-corrected chi connectivity index (χ2v) is 7.38. The quantitative estimate of drug-likeness (QED) is 0.821. The molecule has 0 bridgehead atoms. The van der Waals surface area contributed by atoms with E-state index in [1.165, 1.54) is 18.2 Å². The maximum Gasteiger partial charge on any atom is 0.405 e. The fourth-order valence-electron chi connectivity index (χ4n) is 2.39. The van der Waals surface area contributed by atoms with Crippen LogP contribution in [0.1, 0.15) is 24.8 Å². The van der Waals surface area contributed by atoms with Gasteiger partial charge in [0.2, 0.25) is 10.0 Å². The van der Waals surface area contributed by atoms with Gasteiger partial charge in [0, 0.05) is 11.6 Å². The van der Waals surface area contributed by atoms with Crippen LogP contribution < -0.4 is 0 Å². The minimum absolute atomic E-state index is 0.127. The highest BCUT2D eigenvalue weighted by Crippen LogP contribution is 2.35. The monoisotopic (exact) mass is 341 g/mol. The van der Waals surface area contributed by atoms with Crippen molar-refractivity contribution in [2.45, 2.75) is 43.3 Å². The molecule has 0 N–H and O–H groups in total. The average molecular weight is 342 g/mol. The molecule has 118 valence electrons. The van der Waals surface area contributed by atoms with Crippen molar-refractivity contribution in [3.8, 4) is 0 Å². The average Bonchev–Trinajstić information content (AvgIpc) is 2.41. The second kappa shape index (κ2) is 5.78. The Morgan fingerprint density at radius 1 is 1.29 bits per heavy atom. The maximum atomic E-state index is 13.0. The summed E-state index contributed by atoms with van der Waals surface area (Å²) >= 11 is 5.88. The van der Waals surface area contributed by atoms with Gasteiger partial charge in [0.05, 0.1) is 4.90 Å². The topological polar surface area (TPSA) is 37.4 Å². The molecule has 0 amide bonds. The van der Waals surface area contributed by atoms with Crippen LogP contribution in [0.15, 0.2) is 23.1 Å². The first kappa shape index (κ1) is 16.6. The lowest BCUT2D eigenvalue weighted by atomic mass is 10.0. The molecule has 3 nitrogen and oxygen atoms in total. The zero-order valence-corrected chi connectivity index (χ0v) is 12.9. The van der Waals surface area contributed by atoms with E-state index in [1.54, 1.807) is 6.92 Å². The number of halogens is 4. The molecule has 0 aliphatic carbocycles. The lowest BCUT2D eigenvalue weighted by Crippen LogP contribution is -2.51. The summed E-state index contributed by atoms with van der Waals surface area (Å²) in [5, 5.41) is 0.219. The zero-order valence-electron chi connectivity index (χ0n) is 11.3. The number of alkyl halides is 3. The molecule has 0 aromatic heterocycles. The Balaban J connectivity index is 2.43. The van der Waals surface area contributed by atoms with Crippen LogP contribution in [0.4, 0.5) is 13.2 Å². The van der Waals surface area contributed by atoms with Gasteiger partial charge in [-0.2, -0.15) is 17.5 Å². The standard InChI is InChI=1S/C13H15ClF3NO2S/c1-9-5-6-10(8-11(9)14)21(19,20)18-7-3-2-4-12(18)13(15,16)17/h5-6,8,12H,2-4,7H2,1H3. The molecule has 2 rings (SSSR count). The number of hydrogen-bond acceptors (Lipinski definition) is 2. The lowest BCUT2D eigenvalue weighted by molar-refractivity contribution is -0.177. The lowest BCUT2D eigenvalue weighted by Gasteiger charge is -2.35. The molecule has 1 aromatic carbocycles. The fraction of sp³-hybridized carbons (Fsp3) is 0.538. The first-order valence-corrected chi connectivity index (χ1v) is 8.30. The molecule has 1 fully saturated rings. The summed E-state index contributed by atoms with van der Waals surface area (Å²) in [6.07, 6.45) is -3.99. The van der Waals surface area contributed by atoms with Gasteiger partial charge in [-0.15, -0.1) is 0 Å². The van der Waals surface area contributed by atoms with Crippen molar-refractivity contribution in [1.82, 2.24) is 4.31 Å². The number of rotatable bonds is 2. The van der Waals surface area contributed by atoms with Crippen molar-refractivity contribution in [2.75, 3.05) is 6.54 Å². The Labute approximate surface area is 126 Å². The van der Waals surface area contributed by atoms with Gasteiger partial charge in [-0.25, -0.2) is 8.42 Å². The van der Waals surface area contributed by atoms with E-state index in [4.69, 9.17) is 11.6 Å². The van der Waals surface area contributed by atoms with Crippen molar-refractivity contribution < 1.29 is 21.6 Å². The number of hydrogen-bond donors (Lipinski definition) is 0. The van der Waals surface area contributed by atoms with E-state index in [9.17, 15) is 21.6 Å². The summed E-state index contributed by atoms with van der Waals surface area (Å²) in [6, 6.07) is 2.02. The molecule has 1 atom stereocenters. The molecule has 1 aromatic rings. The molecule has 21 heavy (non-hydrogen) atoms. The molecule has 0 radical (unpaired) electrons. The van der Waals surface area contributed by atoms with Crippen LogP contribution in [0, 0.1) is 6.92 Å². The summed E-state index contributed by atoms with van der Waals surface area (Å²) in [5.74, 6) is 0. The van der Waals surface area contributed by atoms with Gasteiger partial charge in [-0.3, -0.25) is 0 Å².